The largest absolute Gasteiger partial charge is 0.505 e. The lowest BCUT2D eigenvalue weighted by atomic mass is 10.1. The maximum atomic E-state index is 12.8. The molecule has 0 saturated heterocycles. The lowest BCUT2D eigenvalue weighted by molar-refractivity contribution is 0.280. The first-order valence-electron chi connectivity index (χ1n) is 6.14. The summed E-state index contributed by atoms with van der Waals surface area (Å²) >= 11 is 0. The van der Waals surface area contributed by atoms with Crippen LogP contribution >= 0.6 is 0 Å². The van der Waals surface area contributed by atoms with Crippen molar-refractivity contribution in [1.29, 1.82) is 0 Å². The number of pyridine rings is 1. The number of hydrogen-bond donors (Lipinski definition) is 2. The molecule has 1 heterocycles. The summed E-state index contributed by atoms with van der Waals surface area (Å²) in [4.78, 5) is 8.18. The standard InChI is InChI=1S/C15H15FN2O2/c1-10-15(20)14(12(9-19)7-18-10)8-17-6-11-2-4-13(16)5-3-11/h2-5,7-8,19-20H,6,9H2,1H3. The fourth-order valence-electron chi connectivity index (χ4n) is 1.75. The molecule has 0 amide bonds. The summed E-state index contributed by atoms with van der Waals surface area (Å²) < 4.78 is 12.8. The van der Waals surface area contributed by atoms with Gasteiger partial charge in [0.05, 0.1) is 18.8 Å². The van der Waals surface area contributed by atoms with E-state index in [2.05, 4.69) is 9.98 Å². The first kappa shape index (κ1) is 14.1. The van der Waals surface area contributed by atoms with Crippen molar-refractivity contribution in [3.8, 4) is 5.75 Å². The first-order valence-corrected chi connectivity index (χ1v) is 6.14. The summed E-state index contributed by atoms with van der Waals surface area (Å²) in [5, 5.41) is 19.2. The first-order chi connectivity index (χ1) is 9.61. The van der Waals surface area contributed by atoms with Crippen LogP contribution in [0.15, 0.2) is 35.5 Å². The van der Waals surface area contributed by atoms with Crippen molar-refractivity contribution >= 4 is 6.21 Å². The van der Waals surface area contributed by atoms with E-state index in [0.717, 1.165) is 5.56 Å². The smallest absolute Gasteiger partial charge is 0.145 e. The van der Waals surface area contributed by atoms with Gasteiger partial charge in [-0.2, -0.15) is 0 Å². The van der Waals surface area contributed by atoms with Crippen molar-refractivity contribution in [3.63, 3.8) is 0 Å². The lowest BCUT2D eigenvalue weighted by Gasteiger charge is -2.07. The number of aryl methyl sites for hydroxylation is 1. The molecule has 1 aromatic carbocycles. The summed E-state index contributed by atoms with van der Waals surface area (Å²) in [5.41, 5.74) is 2.31. The minimum atomic E-state index is -0.289. The number of halogens is 1. The van der Waals surface area contributed by atoms with E-state index < -0.39 is 0 Å². The second-order valence-corrected chi connectivity index (χ2v) is 4.39. The SMILES string of the molecule is Cc1ncc(CO)c(C=NCc2ccc(F)cc2)c1O. The van der Waals surface area contributed by atoms with E-state index in [1.165, 1.54) is 24.5 Å². The van der Waals surface area contributed by atoms with Gasteiger partial charge in [-0.15, -0.1) is 0 Å². The van der Waals surface area contributed by atoms with Gasteiger partial charge in [-0.3, -0.25) is 9.98 Å². The van der Waals surface area contributed by atoms with Crippen molar-refractivity contribution < 1.29 is 14.6 Å². The van der Waals surface area contributed by atoms with Crippen LogP contribution in [0.5, 0.6) is 5.75 Å². The zero-order valence-electron chi connectivity index (χ0n) is 11.0. The third kappa shape index (κ3) is 3.19. The van der Waals surface area contributed by atoms with Gasteiger partial charge in [0.25, 0.3) is 0 Å². The van der Waals surface area contributed by atoms with Crippen molar-refractivity contribution in [2.75, 3.05) is 0 Å². The van der Waals surface area contributed by atoms with Gasteiger partial charge < -0.3 is 10.2 Å². The lowest BCUT2D eigenvalue weighted by Crippen LogP contribution is -1.98. The monoisotopic (exact) mass is 274 g/mol. The normalized spacial score (nSPS) is 11.2. The minimum Gasteiger partial charge on any atom is -0.505 e. The van der Waals surface area contributed by atoms with Gasteiger partial charge in [-0.1, -0.05) is 12.1 Å². The average Bonchev–Trinajstić information content (AvgIpc) is 2.46. The molecule has 0 aliphatic rings. The summed E-state index contributed by atoms with van der Waals surface area (Å²) in [7, 11) is 0. The fourth-order valence-corrected chi connectivity index (χ4v) is 1.75. The van der Waals surface area contributed by atoms with Gasteiger partial charge in [-0.25, -0.2) is 4.39 Å². The van der Waals surface area contributed by atoms with Gasteiger partial charge in [0, 0.05) is 23.5 Å². The number of nitrogens with zero attached hydrogens (tertiary/aromatic N) is 2. The Morgan fingerprint density at radius 1 is 1.30 bits per heavy atom. The van der Waals surface area contributed by atoms with Crippen molar-refractivity contribution in [2.45, 2.75) is 20.1 Å². The molecule has 2 rings (SSSR count). The number of aliphatic hydroxyl groups excluding tert-OH is 1. The third-order valence-electron chi connectivity index (χ3n) is 2.94. The molecular formula is C15H15FN2O2. The Morgan fingerprint density at radius 2 is 2.00 bits per heavy atom. The number of aromatic hydroxyl groups is 1. The van der Waals surface area contributed by atoms with Crippen molar-refractivity contribution in [2.24, 2.45) is 4.99 Å². The second-order valence-electron chi connectivity index (χ2n) is 4.39. The molecule has 0 unspecified atom stereocenters. The summed E-state index contributed by atoms with van der Waals surface area (Å²) in [6.07, 6.45) is 3.01. The molecule has 2 aromatic rings. The molecule has 20 heavy (non-hydrogen) atoms. The molecule has 104 valence electrons. The molecule has 0 fully saturated rings. The molecule has 0 aliphatic heterocycles. The highest BCUT2D eigenvalue weighted by Crippen LogP contribution is 2.22. The number of aromatic nitrogens is 1. The molecule has 5 heteroatoms. The Balaban J connectivity index is 2.19. The quantitative estimate of drug-likeness (QED) is 0.841. The highest BCUT2D eigenvalue weighted by molar-refractivity contribution is 5.85. The molecule has 0 saturated carbocycles. The van der Waals surface area contributed by atoms with Crippen LogP contribution in [0, 0.1) is 12.7 Å². The van der Waals surface area contributed by atoms with Crippen molar-refractivity contribution in [1.82, 2.24) is 4.98 Å². The van der Waals surface area contributed by atoms with Gasteiger partial charge >= 0.3 is 0 Å². The maximum absolute atomic E-state index is 12.8. The van der Waals surface area contributed by atoms with E-state index >= 15 is 0 Å². The predicted molar refractivity (Wildman–Crippen MR) is 74.3 cm³/mol. The summed E-state index contributed by atoms with van der Waals surface area (Å²) in [6.45, 7) is 1.82. The molecule has 0 spiro atoms. The Kier molecular flexibility index (Phi) is 4.42. The van der Waals surface area contributed by atoms with Gasteiger partial charge in [-0.05, 0) is 24.6 Å². The van der Waals surface area contributed by atoms with E-state index in [9.17, 15) is 14.6 Å². The van der Waals surface area contributed by atoms with Crippen LogP contribution in [0.25, 0.3) is 0 Å². The minimum absolute atomic E-state index is 0.0133. The predicted octanol–water partition coefficient (Wildman–Crippen LogP) is 2.35. The number of aliphatic hydroxyl groups is 1. The van der Waals surface area contributed by atoms with E-state index in [0.29, 0.717) is 23.4 Å². The van der Waals surface area contributed by atoms with Crippen LogP contribution in [-0.2, 0) is 13.2 Å². The highest BCUT2D eigenvalue weighted by atomic mass is 19.1. The van der Waals surface area contributed by atoms with Crippen molar-refractivity contribution in [3.05, 3.63) is 58.7 Å². The zero-order valence-corrected chi connectivity index (χ0v) is 11.0. The molecule has 2 N–H and O–H groups in total. The second kappa shape index (κ2) is 6.25. The zero-order chi connectivity index (χ0) is 14.5. The van der Waals surface area contributed by atoms with Gasteiger partial charge in [0.1, 0.15) is 11.6 Å². The number of hydrogen-bond acceptors (Lipinski definition) is 4. The van der Waals surface area contributed by atoms with Crippen LogP contribution in [0.3, 0.4) is 0 Å². The summed E-state index contributed by atoms with van der Waals surface area (Å²) in [5.74, 6) is -0.276. The molecule has 0 radical (unpaired) electrons. The molecule has 4 nitrogen and oxygen atoms in total. The summed E-state index contributed by atoms with van der Waals surface area (Å²) in [6, 6.07) is 6.05. The van der Waals surface area contributed by atoms with E-state index in [4.69, 9.17) is 0 Å². The van der Waals surface area contributed by atoms with E-state index in [1.54, 1.807) is 19.1 Å². The van der Waals surface area contributed by atoms with Gasteiger partial charge in [0.2, 0.25) is 0 Å². The topological polar surface area (TPSA) is 65.7 Å². The highest BCUT2D eigenvalue weighted by Gasteiger charge is 2.08. The Labute approximate surface area is 116 Å². The number of benzene rings is 1. The molecule has 1 aromatic heterocycles. The van der Waals surface area contributed by atoms with Crippen LogP contribution < -0.4 is 0 Å². The number of aliphatic imine (C=N–C) groups is 1. The molecular weight excluding hydrogens is 259 g/mol. The van der Waals surface area contributed by atoms with E-state index in [1.807, 2.05) is 0 Å². The van der Waals surface area contributed by atoms with Crippen LogP contribution in [-0.4, -0.2) is 21.4 Å². The fraction of sp³-hybridized carbons (Fsp3) is 0.200. The molecule has 0 bridgehead atoms. The number of rotatable bonds is 4. The van der Waals surface area contributed by atoms with Gasteiger partial charge in [0.15, 0.2) is 0 Å². The van der Waals surface area contributed by atoms with Crippen LogP contribution in [0.2, 0.25) is 0 Å². The average molecular weight is 274 g/mol. The maximum Gasteiger partial charge on any atom is 0.145 e. The molecule has 0 atom stereocenters. The Bertz CT molecular complexity index is 625. The third-order valence-corrected chi connectivity index (χ3v) is 2.94. The Hall–Kier alpha value is -2.27. The van der Waals surface area contributed by atoms with Crippen LogP contribution in [0.1, 0.15) is 22.4 Å². The molecule has 0 aliphatic carbocycles. The van der Waals surface area contributed by atoms with Crippen LogP contribution in [0.4, 0.5) is 4.39 Å². The Morgan fingerprint density at radius 3 is 2.65 bits per heavy atom. The van der Waals surface area contributed by atoms with E-state index in [-0.39, 0.29) is 18.2 Å².